The first kappa shape index (κ1) is 16.4. The molecule has 0 unspecified atom stereocenters. The maximum absolute atomic E-state index is 12.3. The van der Waals surface area contributed by atoms with Crippen LogP contribution in [0.2, 0.25) is 5.02 Å². The van der Waals surface area contributed by atoms with E-state index in [1.165, 1.54) is 11.8 Å². The van der Waals surface area contributed by atoms with Crippen LogP contribution in [0.1, 0.15) is 15.9 Å². The van der Waals surface area contributed by atoms with Gasteiger partial charge in [0.1, 0.15) is 0 Å². The molecule has 0 heterocycles. The SMILES string of the molecule is NC(=O)CSc1ccccc1C(=O)NCc1cccc(Cl)c1. The molecular weight excluding hydrogens is 320 g/mol. The second-order valence-electron chi connectivity index (χ2n) is 4.56. The van der Waals surface area contributed by atoms with Crippen LogP contribution in [0.25, 0.3) is 0 Å². The van der Waals surface area contributed by atoms with Crippen LogP contribution in [0.5, 0.6) is 0 Å². The van der Waals surface area contributed by atoms with Gasteiger partial charge in [0, 0.05) is 16.5 Å². The van der Waals surface area contributed by atoms with Gasteiger partial charge in [-0.2, -0.15) is 0 Å². The molecule has 0 spiro atoms. The molecule has 0 radical (unpaired) electrons. The van der Waals surface area contributed by atoms with Gasteiger partial charge in [-0.15, -0.1) is 11.8 Å². The number of carbonyl (C=O) groups is 2. The molecule has 0 aliphatic rings. The molecule has 2 amide bonds. The minimum absolute atomic E-state index is 0.137. The molecule has 6 heteroatoms. The van der Waals surface area contributed by atoms with Crippen molar-refractivity contribution in [1.29, 1.82) is 0 Å². The Morgan fingerprint density at radius 1 is 1.14 bits per heavy atom. The van der Waals surface area contributed by atoms with Gasteiger partial charge >= 0.3 is 0 Å². The van der Waals surface area contributed by atoms with Gasteiger partial charge in [0.2, 0.25) is 5.91 Å². The number of thioether (sulfide) groups is 1. The highest BCUT2D eigenvalue weighted by atomic mass is 35.5. The summed E-state index contributed by atoms with van der Waals surface area (Å²) in [7, 11) is 0. The van der Waals surface area contributed by atoms with Crippen molar-refractivity contribution >= 4 is 35.2 Å². The number of nitrogens with one attached hydrogen (secondary N) is 1. The third-order valence-electron chi connectivity index (χ3n) is 2.84. The first-order chi connectivity index (χ1) is 10.6. The number of hydrogen-bond acceptors (Lipinski definition) is 3. The van der Waals surface area contributed by atoms with E-state index in [1.807, 2.05) is 18.2 Å². The summed E-state index contributed by atoms with van der Waals surface area (Å²) in [6, 6.07) is 14.4. The molecule has 2 rings (SSSR count). The lowest BCUT2D eigenvalue weighted by atomic mass is 10.2. The highest BCUT2D eigenvalue weighted by Gasteiger charge is 2.11. The van der Waals surface area contributed by atoms with Crippen molar-refractivity contribution in [1.82, 2.24) is 5.32 Å². The molecule has 114 valence electrons. The van der Waals surface area contributed by atoms with Gasteiger partial charge < -0.3 is 11.1 Å². The molecule has 0 aromatic heterocycles. The lowest BCUT2D eigenvalue weighted by Crippen LogP contribution is -2.23. The fourth-order valence-electron chi connectivity index (χ4n) is 1.85. The lowest BCUT2D eigenvalue weighted by molar-refractivity contribution is -0.115. The van der Waals surface area contributed by atoms with Crippen molar-refractivity contribution in [2.24, 2.45) is 5.73 Å². The summed E-state index contributed by atoms with van der Waals surface area (Å²) in [6.07, 6.45) is 0. The summed E-state index contributed by atoms with van der Waals surface area (Å²) in [6.45, 7) is 0.383. The number of primary amides is 1. The summed E-state index contributed by atoms with van der Waals surface area (Å²) >= 11 is 7.16. The van der Waals surface area contributed by atoms with Crippen molar-refractivity contribution in [3.05, 3.63) is 64.7 Å². The first-order valence-corrected chi connectivity index (χ1v) is 7.95. The van der Waals surface area contributed by atoms with Crippen LogP contribution in [0.4, 0.5) is 0 Å². The molecule has 0 atom stereocenters. The van der Waals surface area contributed by atoms with E-state index in [-0.39, 0.29) is 11.7 Å². The number of amides is 2. The minimum Gasteiger partial charge on any atom is -0.369 e. The van der Waals surface area contributed by atoms with Crippen molar-refractivity contribution < 1.29 is 9.59 Å². The quantitative estimate of drug-likeness (QED) is 0.798. The standard InChI is InChI=1S/C16H15ClN2O2S/c17-12-5-3-4-11(8-12)9-19-16(21)13-6-1-2-7-14(13)22-10-15(18)20/h1-8H,9-10H2,(H2,18,20)(H,19,21). The fraction of sp³-hybridized carbons (Fsp3) is 0.125. The summed E-state index contributed by atoms with van der Waals surface area (Å²) in [5.41, 5.74) is 6.59. The van der Waals surface area contributed by atoms with Crippen molar-refractivity contribution in [2.45, 2.75) is 11.4 Å². The van der Waals surface area contributed by atoms with E-state index in [2.05, 4.69) is 5.32 Å². The molecule has 0 fully saturated rings. The minimum atomic E-state index is -0.417. The number of benzene rings is 2. The highest BCUT2D eigenvalue weighted by molar-refractivity contribution is 8.00. The Labute approximate surface area is 138 Å². The molecule has 0 aliphatic carbocycles. The maximum atomic E-state index is 12.3. The van der Waals surface area contributed by atoms with E-state index in [0.29, 0.717) is 17.1 Å². The van der Waals surface area contributed by atoms with E-state index in [0.717, 1.165) is 10.5 Å². The Kier molecular flexibility index (Phi) is 5.86. The summed E-state index contributed by atoms with van der Waals surface area (Å²) in [4.78, 5) is 23.9. The zero-order chi connectivity index (χ0) is 15.9. The average Bonchev–Trinajstić information content (AvgIpc) is 2.51. The Bertz CT molecular complexity index is 691. The molecule has 0 saturated carbocycles. The van der Waals surface area contributed by atoms with E-state index >= 15 is 0 Å². The number of halogens is 1. The van der Waals surface area contributed by atoms with Crippen LogP contribution in [0.3, 0.4) is 0 Å². The monoisotopic (exact) mass is 334 g/mol. The highest BCUT2D eigenvalue weighted by Crippen LogP contribution is 2.22. The maximum Gasteiger partial charge on any atom is 0.252 e. The van der Waals surface area contributed by atoms with Crippen LogP contribution in [-0.4, -0.2) is 17.6 Å². The molecular formula is C16H15ClN2O2S. The summed E-state index contributed by atoms with van der Waals surface area (Å²) in [5.74, 6) is -0.481. The Morgan fingerprint density at radius 3 is 2.64 bits per heavy atom. The van der Waals surface area contributed by atoms with Crippen molar-refractivity contribution in [3.8, 4) is 0 Å². The Morgan fingerprint density at radius 2 is 1.91 bits per heavy atom. The van der Waals surface area contributed by atoms with Crippen LogP contribution >= 0.6 is 23.4 Å². The third-order valence-corrected chi connectivity index (χ3v) is 4.17. The van der Waals surface area contributed by atoms with E-state index < -0.39 is 5.91 Å². The zero-order valence-corrected chi connectivity index (χ0v) is 13.3. The third kappa shape index (κ3) is 4.79. The normalized spacial score (nSPS) is 10.2. The van der Waals surface area contributed by atoms with Crippen molar-refractivity contribution in [2.75, 3.05) is 5.75 Å². The Balaban J connectivity index is 2.04. The van der Waals surface area contributed by atoms with Crippen LogP contribution in [0.15, 0.2) is 53.4 Å². The summed E-state index contributed by atoms with van der Waals surface area (Å²) in [5, 5.41) is 3.47. The smallest absolute Gasteiger partial charge is 0.252 e. The van der Waals surface area contributed by atoms with E-state index in [1.54, 1.807) is 30.3 Å². The largest absolute Gasteiger partial charge is 0.369 e. The van der Waals surface area contributed by atoms with Gasteiger partial charge in [0.25, 0.3) is 5.91 Å². The first-order valence-electron chi connectivity index (χ1n) is 6.59. The van der Waals surface area contributed by atoms with Gasteiger partial charge in [0.05, 0.1) is 11.3 Å². The molecule has 3 N–H and O–H groups in total. The predicted octanol–water partition coefficient (Wildman–Crippen LogP) is 2.85. The lowest BCUT2D eigenvalue weighted by Gasteiger charge is -2.09. The molecule has 0 aliphatic heterocycles. The fourth-order valence-corrected chi connectivity index (χ4v) is 2.86. The number of hydrogen-bond donors (Lipinski definition) is 2. The molecule has 2 aromatic rings. The topological polar surface area (TPSA) is 72.2 Å². The average molecular weight is 335 g/mol. The molecule has 0 bridgehead atoms. The summed E-state index contributed by atoms with van der Waals surface area (Å²) < 4.78 is 0. The molecule has 22 heavy (non-hydrogen) atoms. The number of carbonyl (C=O) groups excluding carboxylic acids is 2. The van der Waals surface area contributed by atoms with Gasteiger partial charge in [-0.25, -0.2) is 0 Å². The van der Waals surface area contributed by atoms with Crippen molar-refractivity contribution in [3.63, 3.8) is 0 Å². The van der Waals surface area contributed by atoms with Crippen LogP contribution < -0.4 is 11.1 Å². The van der Waals surface area contributed by atoms with Crippen LogP contribution in [0, 0.1) is 0 Å². The molecule has 0 saturated heterocycles. The van der Waals surface area contributed by atoms with E-state index in [4.69, 9.17) is 17.3 Å². The van der Waals surface area contributed by atoms with Crippen LogP contribution in [-0.2, 0) is 11.3 Å². The van der Waals surface area contributed by atoms with E-state index in [9.17, 15) is 9.59 Å². The molecule has 4 nitrogen and oxygen atoms in total. The van der Waals surface area contributed by atoms with Gasteiger partial charge in [-0.1, -0.05) is 35.9 Å². The number of rotatable bonds is 6. The zero-order valence-electron chi connectivity index (χ0n) is 11.7. The number of nitrogens with two attached hydrogens (primary N) is 1. The van der Waals surface area contributed by atoms with Gasteiger partial charge in [-0.3, -0.25) is 9.59 Å². The van der Waals surface area contributed by atoms with Gasteiger partial charge in [0.15, 0.2) is 0 Å². The van der Waals surface area contributed by atoms with Gasteiger partial charge in [-0.05, 0) is 29.8 Å². The second kappa shape index (κ2) is 7.87. The molecule has 2 aromatic carbocycles. The Hall–Kier alpha value is -1.98. The second-order valence-corrected chi connectivity index (χ2v) is 6.02. The predicted molar refractivity (Wildman–Crippen MR) is 89.0 cm³/mol.